The second-order valence-corrected chi connectivity index (χ2v) is 5.47. The van der Waals surface area contributed by atoms with Gasteiger partial charge in [0.2, 0.25) is 0 Å². The number of esters is 1. The Labute approximate surface area is 133 Å². The van der Waals surface area contributed by atoms with Crippen molar-refractivity contribution in [2.45, 2.75) is 33.1 Å². The summed E-state index contributed by atoms with van der Waals surface area (Å²) in [4.78, 5) is 11.0. The van der Waals surface area contributed by atoms with Gasteiger partial charge in [-0.25, -0.2) is 4.79 Å². The van der Waals surface area contributed by atoms with Gasteiger partial charge < -0.3 is 6.16 Å². The standard InChI is InChI=1S/C11H20O5S.Na.H/c1-4-5-6-9-17(13,14)16-8-7-15-11(12)10(2)3;;/h2,4-9H2,1,3H3;;/q;+1;-1. The summed E-state index contributed by atoms with van der Waals surface area (Å²) in [5.41, 5.74) is 0.274. The van der Waals surface area contributed by atoms with E-state index in [0.29, 0.717) is 6.42 Å². The van der Waals surface area contributed by atoms with Crippen LogP contribution in [0.4, 0.5) is 0 Å². The van der Waals surface area contributed by atoms with E-state index in [9.17, 15) is 13.2 Å². The Kier molecular flexibility index (Phi) is 12.5. The van der Waals surface area contributed by atoms with Gasteiger partial charge in [-0.3, -0.25) is 4.18 Å². The van der Waals surface area contributed by atoms with Crippen molar-refractivity contribution < 1.29 is 53.1 Å². The van der Waals surface area contributed by atoms with Crippen LogP contribution in [0.5, 0.6) is 0 Å². The van der Waals surface area contributed by atoms with Crippen molar-refractivity contribution in [2.24, 2.45) is 0 Å². The maximum Gasteiger partial charge on any atom is 1.00 e. The number of carbonyl (C=O) groups excluding carboxylic acids is 1. The van der Waals surface area contributed by atoms with Gasteiger partial charge in [0.15, 0.2) is 0 Å². The third-order valence-electron chi connectivity index (χ3n) is 1.93. The van der Waals surface area contributed by atoms with Gasteiger partial charge in [0.1, 0.15) is 13.2 Å². The van der Waals surface area contributed by atoms with Gasteiger partial charge in [0, 0.05) is 5.57 Å². The third-order valence-corrected chi connectivity index (χ3v) is 3.24. The normalized spacial score (nSPS) is 10.6. The number of hydrogen-bond donors (Lipinski definition) is 0. The Morgan fingerprint density at radius 2 is 1.89 bits per heavy atom. The molecule has 0 N–H and O–H groups in total. The van der Waals surface area contributed by atoms with Crippen molar-refractivity contribution in [3.05, 3.63) is 12.2 Å². The first-order valence-electron chi connectivity index (χ1n) is 5.58. The van der Waals surface area contributed by atoms with Gasteiger partial charge in [-0.1, -0.05) is 26.3 Å². The van der Waals surface area contributed by atoms with E-state index in [1.54, 1.807) is 0 Å². The molecule has 0 fully saturated rings. The second-order valence-electron chi connectivity index (χ2n) is 3.71. The first-order chi connectivity index (χ1) is 7.89. The van der Waals surface area contributed by atoms with E-state index in [4.69, 9.17) is 4.74 Å². The van der Waals surface area contributed by atoms with Gasteiger partial charge in [-0.2, -0.15) is 8.42 Å². The molecule has 0 bridgehead atoms. The predicted octanol–water partition coefficient (Wildman–Crippen LogP) is -1.24. The van der Waals surface area contributed by atoms with E-state index >= 15 is 0 Å². The SMILES string of the molecule is C=C(C)C(=O)OCCOS(=O)(=O)CCCCC.[H-].[Na+]. The second kappa shape index (κ2) is 11.0. The van der Waals surface area contributed by atoms with Crippen molar-refractivity contribution in [3.63, 3.8) is 0 Å². The molecule has 0 aliphatic carbocycles. The Bertz CT molecular complexity index is 356. The van der Waals surface area contributed by atoms with Crippen LogP contribution < -0.4 is 29.6 Å². The van der Waals surface area contributed by atoms with Gasteiger partial charge in [-0.05, 0) is 13.3 Å². The minimum atomic E-state index is -3.49. The van der Waals surface area contributed by atoms with Crippen LogP contribution in [0.3, 0.4) is 0 Å². The number of unbranched alkanes of at least 4 members (excludes halogenated alkanes) is 2. The topological polar surface area (TPSA) is 69.7 Å². The Morgan fingerprint density at radius 1 is 1.28 bits per heavy atom. The first-order valence-corrected chi connectivity index (χ1v) is 7.16. The fourth-order valence-electron chi connectivity index (χ4n) is 1.01. The molecular formula is C11H21NaO5S. The summed E-state index contributed by atoms with van der Waals surface area (Å²) in [5, 5.41) is 0. The summed E-state index contributed by atoms with van der Waals surface area (Å²) >= 11 is 0. The maximum atomic E-state index is 11.3. The van der Waals surface area contributed by atoms with Crippen LogP contribution in [-0.4, -0.2) is 33.4 Å². The number of hydrogen-bond acceptors (Lipinski definition) is 5. The summed E-state index contributed by atoms with van der Waals surface area (Å²) in [6.07, 6.45) is 2.39. The Hall–Kier alpha value is 0.120. The van der Waals surface area contributed by atoms with Gasteiger partial charge >= 0.3 is 35.5 Å². The number of carbonyl (C=O) groups is 1. The quantitative estimate of drug-likeness (QED) is 0.174. The molecule has 0 heterocycles. The molecule has 0 radical (unpaired) electrons. The van der Waals surface area contributed by atoms with E-state index in [1.807, 2.05) is 6.92 Å². The Morgan fingerprint density at radius 3 is 2.39 bits per heavy atom. The fourth-order valence-corrected chi connectivity index (χ4v) is 2.00. The average molecular weight is 288 g/mol. The number of rotatable bonds is 9. The molecule has 102 valence electrons. The van der Waals surface area contributed by atoms with Crippen LogP contribution in [-0.2, 0) is 23.8 Å². The molecule has 0 saturated carbocycles. The van der Waals surface area contributed by atoms with E-state index in [0.717, 1.165) is 12.8 Å². The molecule has 0 saturated heterocycles. The van der Waals surface area contributed by atoms with E-state index < -0.39 is 16.1 Å². The smallest absolute Gasteiger partial charge is 1.00 e. The largest absolute Gasteiger partial charge is 1.00 e. The fraction of sp³-hybridized carbons (Fsp3) is 0.727. The van der Waals surface area contributed by atoms with E-state index in [-0.39, 0.29) is 55.5 Å². The third kappa shape index (κ3) is 11.2. The molecule has 0 aliphatic rings. The summed E-state index contributed by atoms with van der Waals surface area (Å²) in [6.45, 7) is 6.68. The zero-order valence-corrected chi connectivity index (χ0v) is 14.2. The van der Waals surface area contributed by atoms with Crippen molar-refractivity contribution in [1.82, 2.24) is 0 Å². The molecule has 0 spiro atoms. The number of ether oxygens (including phenoxy) is 1. The summed E-state index contributed by atoms with van der Waals surface area (Å²) in [5.74, 6) is -0.535. The van der Waals surface area contributed by atoms with Crippen LogP contribution in [0.2, 0.25) is 0 Å². The molecule has 0 aromatic heterocycles. The summed E-state index contributed by atoms with van der Waals surface area (Å²) < 4.78 is 32.0. The minimum absolute atomic E-state index is 0. The van der Waals surface area contributed by atoms with Crippen molar-refractivity contribution in [2.75, 3.05) is 19.0 Å². The van der Waals surface area contributed by atoms with Crippen molar-refractivity contribution in [1.29, 1.82) is 0 Å². The van der Waals surface area contributed by atoms with Gasteiger partial charge in [-0.15, -0.1) is 0 Å². The molecule has 0 amide bonds. The van der Waals surface area contributed by atoms with Crippen LogP contribution >= 0.6 is 0 Å². The average Bonchev–Trinajstić information content (AvgIpc) is 2.24. The molecule has 0 atom stereocenters. The summed E-state index contributed by atoms with van der Waals surface area (Å²) in [6, 6.07) is 0. The van der Waals surface area contributed by atoms with Crippen LogP contribution in [0.15, 0.2) is 12.2 Å². The maximum absolute atomic E-state index is 11.3. The van der Waals surface area contributed by atoms with Crippen molar-refractivity contribution in [3.8, 4) is 0 Å². The molecule has 7 heteroatoms. The zero-order valence-electron chi connectivity index (χ0n) is 12.4. The van der Waals surface area contributed by atoms with Gasteiger partial charge in [0.25, 0.3) is 10.1 Å². The Balaban J connectivity index is -0.00000128. The molecule has 0 aromatic rings. The van der Waals surface area contributed by atoms with Crippen LogP contribution in [0.25, 0.3) is 0 Å². The van der Waals surface area contributed by atoms with E-state index in [2.05, 4.69) is 10.8 Å². The molecule has 0 aromatic carbocycles. The van der Waals surface area contributed by atoms with Crippen LogP contribution in [0, 0.1) is 0 Å². The first kappa shape index (κ1) is 20.4. The predicted molar refractivity (Wildman–Crippen MR) is 66.1 cm³/mol. The van der Waals surface area contributed by atoms with Crippen LogP contribution in [0.1, 0.15) is 34.5 Å². The summed E-state index contributed by atoms with van der Waals surface area (Å²) in [7, 11) is -3.49. The van der Waals surface area contributed by atoms with Crippen molar-refractivity contribution >= 4 is 16.1 Å². The van der Waals surface area contributed by atoms with Gasteiger partial charge in [0.05, 0.1) is 5.75 Å². The molecule has 0 rings (SSSR count). The molecule has 5 nitrogen and oxygen atoms in total. The van der Waals surface area contributed by atoms with E-state index in [1.165, 1.54) is 6.92 Å². The molecular weight excluding hydrogens is 267 g/mol. The molecule has 0 aliphatic heterocycles. The molecule has 0 unspecified atom stereocenters. The monoisotopic (exact) mass is 288 g/mol. The minimum Gasteiger partial charge on any atom is -1.00 e. The zero-order chi connectivity index (χ0) is 13.3. The molecule has 18 heavy (non-hydrogen) atoms.